The minimum absolute atomic E-state index is 0.162. The normalized spacial score (nSPS) is 14.9. The number of thioether (sulfide) groups is 1. The van der Waals surface area contributed by atoms with Gasteiger partial charge in [0, 0.05) is 41.5 Å². The van der Waals surface area contributed by atoms with Crippen LogP contribution < -0.4 is 5.32 Å². The highest BCUT2D eigenvalue weighted by atomic mass is 35.5. The van der Waals surface area contributed by atoms with Crippen molar-refractivity contribution in [2.75, 3.05) is 24.3 Å². The molecule has 0 aliphatic carbocycles. The molecule has 1 N–H and O–H groups in total. The van der Waals surface area contributed by atoms with Crippen LogP contribution in [0, 0.1) is 23.4 Å². The van der Waals surface area contributed by atoms with Crippen LogP contribution in [0.1, 0.15) is 29.6 Å². The smallest absolute Gasteiger partial charge is 0.255 e. The number of rotatable bonds is 6. The number of carbonyl (C=O) groups excluding carboxylic acids is 1. The molecule has 1 saturated heterocycles. The predicted octanol–water partition coefficient (Wildman–Crippen LogP) is 5.92. The van der Waals surface area contributed by atoms with Crippen LogP contribution in [0.3, 0.4) is 0 Å². The van der Waals surface area contributed by atoms with Gasteiger partial charge in [-0.15, -0.1) is 11.8 Å². The van der Waals surface area contributed by atoms with E-state index < -0.39 is 23.4 Å². The number of carbonyl (C=O) groups is 1. The Kier molecular flexibility index (Phi) is 7.26. The van der Waals surface area contributed by atoms with E-state index in [1.807, 2.05) is 0 Å². The highest BCUT2D eigenvalue weighted by Crippen LogP contribution is 2.31. The summed E-state index contributed by atoms with van der Waals surface area (Å²) in [6.45, 7) is 1.60. The molecule has 1 amide bonds. The first-order valence-corrected chi connectivity index (χ1v) is 10.3. The number of anilines is 1. The monoisotopic (exact) mass is 429 g/mol. The molecule has 28 heavy (non-hydrogen) atoms. The summed E-state index contributed by atoms with van der Waals surface area (Å²) in [6.07, 6.45) is 3.15. The third kappa shape index (κ3) is 5.43. The van der Waals surface area contributed by atoms with Gasteiger partial charge in [-0.05, 0) is 49.1 Å². The highest BCUT2D eigenvalue weighted by Gasteiger charge is 2.16. The fraction of sp³-hybridized carbons (Fsp3) is 0.350. The fourth-order valence-electron chi connectivity index (χ4n) is 2.96. The second-order valence-corrected chi connectivity index (χ2v) is 8.09. The average Bonchev–Trinajstić information content (AvgIpc) is 2.68. The maximum atomic E-state index is 13.3. The molecule has 1 aliphatic rings. The van der Waals surface area contributed by atoms with E-state index in [-0.39, 0.29) is 5.69 Å². The molecule has 1 fully saturated rings. The van der Waals surface area contributed by atoms with Gasteiger partial charge in [-0.1, -0.05) is 11.6 Å². The van der Waals surface area contributed by atoms with Crippen molar-refractivity contribution in [3.05, 3.63) is 58.4 Å². The molecule has 0 bridgehead atoms. The molecule has 0 spiro atoms. The molecule has 0 saturated carbocycles. The number of amides is 1. The lowest BCUT2D eigenvalue weighted by Crippen LogP contribution is -2.16. The minimum Gasteiger partial charge on any atom is -0.381 e. The van der Waals surface area contributed by atoms with E-state index in [0.717, 1.165) is 55.3 Å². The molecule has 150 valence electrons. The molecule has 0 radical (unpaired) electrons. The topological polar surface area (TPSA) is 38.3 Å². The molecule has 8 heteroatoms. The summed E-state index contributed by atoms with van der Waals surface area (Å²) in [6, 6.07) is 6.24. The van der Waals surface area contributed by atoms with Crippen LogP contribution in [0.4, 0.5) is 18.9 Å². The summed E-state index contributed by atoms with van der Waals surface area (Å²) in [5, 5.41) is 2.90. The fourth-order valence-corrected chi connectivity index (χ4v) is 4.33. The van der Waals surface area contributed by atoms with Gasteiger partial charge in [0.25, 0.3) is 5.91 Å². The zero-order valence-electron chi connectivity index (χ0n) is 14.9. The molecule has 0 atom stereocenters. The molecular weight excluding hydrogens is 411 g/mol. The number of halogens is 4. The predicted molar refractivity (Wildman–Crippen MR) is 105 cm³/mol. The van der Waals surface area contributed by atoms with Crippen molar-refractivity contribution >= 4 is 35.0 Å². The number of hydrogen-bond donors (Lipinski definition) is 1. The number of nitrogens with one attached hydrogen (secondary N) is 1. The first-order valence-electron chi connectivity index (χ1n) is 8.90. The lowest BCUT2D eigenvalue weighted by molar-refractivity contribution is 0.0657. The number of ether oxygens (including phenoxy) is 1. The summed E-state index contributed by atoms with van der Waals surface area (Å²) in [4.78, 5) is 13.2. The van der Waals surface area contributed by atoms with Crippen LogP contribution in [0.25, 0.3) is 0 Å². The van der Waals surface area contributed by atoms with Crippen LogP contribution >= 0.6 is 23.4 Å². The Morgan fingerprint density at radius 2 is 1.82 bits per heavy atom. The van der Waals surface area contributed by atoms with E-state index in [0.29, 0.717) is 16.5 Å². The first kappa shape index (κ1) is 21.0. The Bertz CT molecular complexity index is 836. The molecule has 1 aliphatic heterocycles. The van der Waals surface area contributed by atoms with Gasteiger partial charge >= 0.3 is 0 Å². The highest BCUT2D eigenvalue weighted by molar-refractivity contribution is 7.99. The van der Waals surface area contributed by atoms with E-state index in [1.165, 1.54) is 6.07 Å². The van der Waals surface area contributed by atoms with Crippen LogP contribution in [0.2, 0.25) is 5.02 Å². The molecule has 3 rings (SSSR count). The molecular formula is C20H19ClF3NO2S. The SMILES string of the molecule is O=C(Nc1cc(F)c(F)c(F)c1)c1ccc(Cl)c(SCCC2CCOCC2)c1. The van der Waals surface area contributed by atoms with Crippen LogP contribution in [-0.4, -0.2) is 24.9 Å². The van der Waals surface area contributed by atoms with Crippen molar-refractivity contribution in [1.82, 2.24) is 0 Å². The molecule has 1 heterocycles. The van der Waals surface area contributed by atoms with E-state index in [9.17, 15) is 18.0 Å². The van der Waals surface area contributed by atoms with Crippen molar-refractivity contribution in [2.45, 2.75) is 24.2 Å². The molecule has 2 aromatic rings. The van der Waals surface area contributed by atoms with Crippen molar-refractivity contribution in [3.8, 4) is 0 Å². The number of benzene rings is 2. The second-order valence-electron chi connectivity index (χ2n) is 6.55. The Balaban J connectivity index is 1.63. The van der Waals surface area contributed by atoms with Gasteiger partial charge in [0.05, 0.1) is 5.02 Å². The number of hydrogen-bond acceptors (Lipinski definition) is 3. The molecule has 0 aromatic heterocycles. The van der Waals surface area contributed by atoms with Crippen molar-refractivity contribution in [3.63, 3.8) is 0 Å². The van der Waals surface area contributed by atoms with E-state index >= 15 is 0 Å². The minimum atomic E-state index is -1.58. The van der Waals surface area contributed by atoms with Crippen LogP contribution in [0.15, 0.2) is 35.2 Å². The van der Waals surface area contributed by atoms with Crippen molar-refractivity contribution in [2.24, 2.45) is 5.92 Å². The lowest BCUT2D eigenvalue weighted by atomic mass is 9.98. The first-order chi connectivity index (χ1) is 13.4. The van der Waals surface area contributed by atoms with Gasteiger partial charge in [-0.3, -0.25) is 4.79 Å². The molecule has 2 aromatic carbocycles. The summed E-state index contributed by atoms with van der Waals surface area (Å²) in [7, 11) is 0. The summed E-state index contributed by atoms with van der Waals surface area (Å²) >= 11 is 7.79. The molecule has 0 unspecified atom stereocenters. The Morgan fingerprint density at radius 1 is 1.14 bits per heavy atom. The van der Waals surface area contributed by atoms with Gasteiger partial charge in [0.15, 0.2) is 17.5 Å². The van der Waals surface area contributed by atoms with Crippen LogP contribution in [0.5, 0.6) is 0 Å². The third-order valence-electron chi connectivity index (χ3n) is 4.56. The van der Waals surface area contributed by atoms with E-state index in [1.54, 1.807) is 23.9 Å². The standard InChI is InChI=1S/C20H19ClF3NO2S/c21-15-2-1-13(9-18(15)28-8-5-12-3-6-27-7-4-12)20(26)25-14-10-16(22)19(24)17(23)11-14/h1-2,9-12H,3-8H2,(H,25,26). The zero-order chi connectivity index (χ0) is 20.1. The quantitative estimate of drug-likeness (QED) is 0.457. The summed E-state index contributed by atoms with van der Waals surface area (Å²) < 4.78 is 45.0. The van der Waals surface area contributed by atoms with Gasteiger partial charge in [0.2, 0.25) is 0 Å². The van der Waals surface area contributed by atoms with Crippen LogP contribution in [-0.2, 0) is 4.74 Å². The Morgan fingerprint density at radius 3 is 2.50 bits per heavy atom. The van der Waals surface area contributed by atoms with Crippen molar-refractivity contribution in [1.29, 1.82) is 0 Å². The average molecular weight is 430 g/mol. The Labute approximate surface area is 170 Å². The van der Waals surface area contributed by atoms with Gasteiger partial charge in [-0.2, -0.15) is 0 Å². The zero-order valence-corrected chi connectivity index (χ0v) is 16.5. The van der Waals surface area contributed by atoms with Gasteiger partial charge < -0.3 is 10.1 Å². The Hall–Kier alpha value is -1.70. The maximum Gasteiger partial charge on any atom is 0.255 e. The maximum absolute atomic E-state index is 13.3. The van der Waals surface area contributed by atoms with E-state index in [2.05, 4.69) is 5.32 Å². The van der Waals surface area contributed by atoms with Crippen molar-refractivity contribution < 1.29 is 22.7 Å². The molecule has 3 nitrogen and oxygen atoms in total. The third-order valence-corrected chi connectivity index (χ3v) is 6.09. The van der Waals surface area contributed by atoms with Gasteiger partial charge in [0.1, 0.15) is 0 Å². The lowest BCUT2D eigenvalue weighted by Gasteiger charge is -2.21. The van der Waals surface area contributed by atoms with Gasteiger partial charge in [-0.25, -0.2) is 13.2 Å². The second kappa shape index (κ2) is 9.67. The largest absolute Gasteiger partial charge is 0.381 e. The summed E-state index contributed by atoms with van der Waals surface area (Å²) in [5.74, 6) is -3.37. The summed E-state index contributed by atoms with van der Waals surface area (Å²) in [5.41, 5.74) is 0.133. The van der Waals surface area contributed by atoms with E-state index in [4.69, 9.17) is 16.3 Å².